The number of allylic oxidation sites excluding steroid dienone is 1. The van der Waals surface area contributed by atoms with Gasteiger partial charge in [-0.15, -0.1) is 0 Å². The molecule has 0 aliphatic rings. The molecule has 0 atom stereocenters. The van der Waals surface area contributed by atoms with Gasteiger partial charge < -0.3 is 0 Å². The Kier molecular flexibility index (Phi) is 4.70. The standard InChI is InChI=1S/C21H14F4/c1-2-3-13-4-6-14(7-5-13)15-8-9-17(18(22)10-15)16-11-19(23)21(25)20(24)12-16/h2-12H,1H3/b3-2+. The van der Waals surface area contributed by atoms with Gasteiger partial charge in [-0.05, 0) is 47.4 Å². The van der Waals surface area contributed by atoms with Gasteiger partial charge in [0.05, 0.1) is 0 Å². The van der Waals surface area contributed by atoms with Crippen molar-refractivity contribution in [1.29, 1.82) is 0 Å². The van der Waals surface area contributed by atoms with Crippen LogP contribution in [0.3, 0.4) is 0 Å². The largest absolute Gasteiger partial charge is 0.206 e. The first-order valence-corrected chi connectivity index (χ1v) is 7.67. The molecule has 0 aliphatic heterocycles. The van der Waals surface area contributed by atoms with E-state index in [1.54, 1.807) is 6.07 Å². The van der Waals surface area contributed by atoms with Crippen molar-refractivity contribution in [2.45, 2.75) is 6.92 Å². The fourth-order valence-corrected chi connectivity index (χ4v) is 2.62. The highest BCUT2D eigenvalue weighted by Gasteiger charge is 2.14. The predicted octanol–water partition coefficient (Wildman–Crippen LogP) is 6.61. The maximum absolute atomic E-state index is 14.4. The van der Waals surface area contributed by atoms with Gasteiger partial charge in [-0.1, -0.05) is 48.6 Å². The SMILES string of the molecule is C/C=C/c1ccc(-c2ccc(-c3cc(F)c(F)c(F)c3)c(F)c2)cc1. The average molecular weight is 342 g/mol. The normalized spacial score (nSPS) is 11.2. The Labute approximate surface area is 143 Å². The molecule has 0 amide bonds. The first kappa shape index (κ1) is 17.0. The molecular weight excluding hydrogens is 328 g/mol. The monoisotopic (exact) mass is 342 g/mol. The van der Waals surface area contributed by atoms with Crippen LogP contribution in [0.4, 0.5) is 17.6 Å². The highest BCUT2D eigenvalue weighted by atomic mass is 19.2. The van der Waals surface area contributed by atoms with E-state index < -0.39 is 23.3 Å². The van der Waals surface area contributed by atoms with E-state index in [0.717, 1.165) is 23.3 Å². The average Bonchev–Trinajstić information content (AvgIpc) is 2.60. The molecule has 3 rings (SSSR count). The van der Waals surface area contributed by atoms with E-state index in [4.69, 9.17) is 0 Å². The van der Waals surface area contributed by atoms with E-state index in [0.29, 0.717) is 5.56 Å². The van der Waals surface area contributed by atoms with Gasteiger partial charge >= 0.3 is 0 Å². The van der Waals surface area contributed by atoms with Crippen LogP contribution in [-0.4, -0.2) is 0 Å². The quantitative estimate of drug-likeness (QED) is 0.371. The predicted molar refractivity (Wildman–Crippen MR) is 91.9 cm³/mol. The van der Waals surface area contributed by atoms with E-state index in [9.17, 15) is 17.6 Å². The Balaban J connectivity index is 1.98. The smallest absolute Gasteiger partial charge is 0.194 e. The number of hydrogen-bond donors (Lipinski definition) is 0. The zero-order valence-corrected chi connectivity index (χ0v) is 13.4. The third-order valence-electron chi connectivity index (χ3n) is 3.87. The highest BCUT2D eigenvalue weighted by Crippen LogP contribution is 2.30. The molecule has 0 fully saturated rings. The lowest BCUT2D eigenvalue weighted by molar-refractivity contribution is 0.447. The molecule has 0 N–H and O–H groups in total. The van der Waals surface area contributed by atoms with Crippen LogP contribution >= 0.6 is 0 Å². The number of rotatable bonds is 3. The summed E-state index contributed by atoms with van der Waals surface area (Å²) in [5.41, 5.74) is 2.43. The van der Waals surface area contributed by atoms with Gasteiger partial charge in [0, 0.05) is 5.56 Å². The van der Waals surface area contributed by atoms with Gasteiger partial charge in [-0.25, -0.2) is 17.6 Å². The zero-order valence-electron chi connectivity index (χ0n) is 13.4. The third-order valence-corrected chi connectivity index (χ3v) is 3.87. The summed E-state index contributed by atoms with van der Waals surface area (Å²) in [4.78, 5) is 0. The fourth-order valence-electron chi connectivity index (χ4n) is 2.62. The van der Waals surface area contributed by atoms with Crippen molar-refractivity contribution in [3.05, 3.63) is 89.5 Å². The second kappa shape index (κ2) is 6.93. The molecule has 0 saturated carbocycles. The van der Waals surface area contributed by atoms with Crippen molar-refractivity contribution in [1.82, 2.24) is 0 Å². The van der Waals surface area contributed by atoms with Gasteiger partial charge in [0.25, 0.3) is 0 Å². The third kappa shape index (κ3) is 3.48. The fraction of sp³-hybridized carbons (Fsp3) is 0.0476. The molecule has 0 aliphatic carbocycles. The van der Waals surface area contributed by atoms with Crippen LogP contribution in [0.15, 0.2) is 60.7 Å². The van der Waals surface area contributed by atoms with Gasteiger partial charge in [-0.3, -0.25) is 0 Å². The summed E-state index contributed by atoms with van der Waals surface area (Å²) < 4.78 is 54.2. The lowest BCUT2D eigenvalue weighted by Gasteiger charge is -2.08. The minimum Gasteiger partial charge on any atom is -0.206 e. The summed E-state index contributed by atoms with van der Waals surface area (Å²) in [7, 11) is 0. The van der Waals surface area contributed by atoms with Crippen molar-refractivity contribution in [2.24, 2.45) is 0 Å². The van der Waals surface area contributed by atoms with Crippen molar-refractivity contribution in [3.63, 3.8) is 0 Å². The van der Waals surface area contributed by atoms with E-state index in [2.05, 4.69) is 0 Å². The molecule has 0 bridgehead atoms. The van der Waals surface area contributed by atoms with Gasteiger partial charge in [0.2, 0.25) is 0 Å². The minimum atomic E-state index is -1.57. The van der Waals surface area contributed by atoms with Crippen molar-refractivity contribution in [3.8, 4) is 22.3 Å². The molecule has 0 nitrogen and oxygen atoms in total. The van der Waals surface area contributed by atoms with Gasteiger partial charge in [0.15, 0.2) is 17.5 Å². The number of hydrogen-bond acceptors (Lipinski definition) is 0. The lowest BCUT2D eigenvalue weighted by atomic mass is 9.98. The molecule has 0 aromatic heterocycles. The Hall–Kier alpha value is -2.88. The molecule has 3 aromatic carbocycles. The summed E-state index contributed by atoms with van der Waals surface area (Å²) in [5, 5.41) is 0. The second-order valence-corrected chi connectivity index (χ2v) is 5.57. The number of halogens is 4. The van der Waals surface area contributed by atoms with E-state index in [1.807, 2.05) is 43.3 Å². The molecule has 0 radical (unpaired) electrons. The van der Waals surface area contributed by atoms with Crippen LogP contribution < -0.4 is 0 Å². The second-order valence-electron chi connectivity index (χ2n) is 5.57. The van der Waals surface area contributed by atoms with Crippen LogP contribution in [0, 0.1) is 23.3 Å². The molecule has 0 heterocycles. The Bertz CT molecular complexity index is 918. The van der Waals surface area contributed by atoms with Gasteiger partial charge in [0.1, 0.15) is 5.82 Å². The lowest BCUT2D eigenvalue weighted by Crippen LogP contribution is -1.94. The molecule has 0 saturated heterocycles. The van der Waals surface area contributed by atoms with Crippen LogP contribution in [0.1, 0.15) is 12.5 Å². The van der Waals surface area contributed by atoms with E-state index in [1.165, 1.54) is 12.1 Å². The molecule has 25 heavy (non-hydrogen) atoms. The van der Waals surface area contributed by atoms with E-state index >= 15 is 0 Å². The first-order valence-electron chi connectivity index (χ1n) is 7.67. The summed E-state index contributed by atoms with van der Waals surface area (Å²) in [6.45, 7) is 1.92. The summed E-state index contributed by atoms with van der Waals surface area (Å²) >= 11 is 0. The highest BCUT2D eigenvalue weighted by molar-refractivity contribution is 5.72. The summed E-state index contributed by atoms with van der Waals surface area (Å²) in [6.07, 6.45) is 3.87. The maximum Gasteiger partial charge on any atom is 0.194 e. The van der Waals surface area contributed by atoms with Gasteiger partial charge in [-0.2, -0.15) is 0 Å². The molecule has 0 spiro atoms. The molecule has 126 valence electrons. The Morgan fingerprint density at radius 3 is 1.76 bits per heavy atom. The first-order chi connectivity index (χ1) is 12.0. The summed E-state index contributed by atoms with van der Waals surface area (Å²) in [6, 6.07) is 13.5. The topological polar surface area (TPSA) is 0 Å². The Morgan fingerprint density at radius 1 is 0.640 bits per heavy atom. The van der Waals surface area contributed by atoms with Crippen molar-refractivity contribution >= 4 is 6.08 Å². The number of benzene rings is 3. The van der Waals surface area contributed by atoms with Crippen LogP contribution in [0.25, 0.3) is 28.3 Å². The molecule has 0 unspecified atom stereocenters. The summed E-state index contributed by atoms with van der Waals surface area (Å²) in [5.74, 6) is -4.90. The Morgan fingerprint density at radius 2 is 1.20 bits per heavy atom. The van der Waals surface area contributed by atoms with Crippen molar-refractivity contribution in [2.75, 3.05) is 0 Å². The van der Waals surface area contributed by atoms with Crippen LogP contribution in [0.5, 0.6) is 0 Å². The maximum atomic E-state index is 14.4. The van der Waals surface area contributed by atoms with Crippen LogP contribution in [-0.2, 0) is 0 Å². The molecule has 4 heteroatoms. The molecular formula is C21H14F4. The minimum absolute atomic E-state index is 0.00656. The molecule has 3 aromatic rings. The van der Waals surface area contributed by atoms with Crippen LogP contribution in [0.2, 0.25) is 0 Å². The zero-order chi connectivity index (χ0) is 18.0. The van der Waals surface area contributed by atoms with E-state index in [-0.39, 0.29) is 11.1 Å². The van der Waals surface area contributed by atoms with Crippen molar-refractivity contribution < 1.29 is 17.6 Å².